The minimum Gasteiger partial charge on any atom is -0.496 e. The number of rotatable bonds is 16. The summed E-state index contributed by atoms with van der Waals surface area (Å²) in [6.45, 7) is 7.16. The Hall–Kier alpha value is -3.76. The summed E-state index contributed by atoms with van der Waals surface area (Å²) in [5, 5.41) is 0. The van der Waals surface area contributed by atoms with Crippen molar-refractivity contribution in [3.8, 4) is 17.2 Å². The molecule has 49 heavy (non-hydrogen) atoms. The second-order valence-electron chi connectivity index (χ2n) is 12.0. The maximum atomic E-state index is 13.7. The molecule has 1 aliphatic rings. The quantitative estimate of drug-likeness (QED) is 0.130. The fraction of sp³-hybridized carbons (Fsp3) is 0.421. The Balaban J connectivity index is 0.00000417. The number of benzene rings is 3. The van der Waals surface area contributed by atoms with Crippen molar-refractivity contribution in [2.24, 2.45) is 5.73 Å². The van der Waals surface area contributed by atoms with E-state index in [9.17, 15) is 9.59 Å². The molecule has 0 atom stereocenters. The monoisotopic (exact) mass is 714 g/mol. The second-order valence-corrected chi connectivity index (χ2v) is 12.0. The third-order valence-electron chi connectivity index (χ3n) is 8.38. The molecule has 0 saturated carbocycles. The average Bonchev–Trinajstić information content (AvgIpc) is 3.09. The van der Waals surface area contributed by atoms with Gasteiger partial charge in [0.25, 0.3) is 5.91 Å². The van der Waals surface area contributed by atoms with E-state index in [2.05, 4.69) is 11.9 Å². The van der Waals surface area contributed by atoms with Crippen LogP contribution >= 0.6 is 24.8 Å². The van der Waals surface area contributed by atoms with Gasteiger partial charge in [0.05, 0.1) is 26.0 Å². The van der Waals surface area contributed by atoms with Crippen LogP contribution in [0.1, 0.15) is 59.2 Å². The first kappa shape index (κ1) is 41.4. The number of likely N-dealkylation sites (N-methyl/N-ethyl adjacent to an activating group) is 1. The van der Waals surface area contributed by atoms with Crippen LogP contribution in [0, 0.1) is 6.92 Å². The molecule has 1 fully saturated rings. The molecule has 3 aromatic carbocycles. The van der Waals surface area contributed by atoms with Gasteiger partial charge in [-0.2, -0.15) is 0 Å². The van der Waals surface area contributed by atoms with Crippen molar-refractivity contribution in [2.75, 3.05) is 72.0 Å². The van der Waals surface area contributed by atoms with Crippen LogP contribution in [0.3, 0.4) is 0 Å². The molecule has 2 N–H and O–H groups in total. The summed E-state index contributed by atoms with van der Waals surface area (Å²) in [6, 6.07) is 19.1. The third-order valence-corrected chi connectivity index (χ3v) is 8.38. The molecule has 9 nitrogen and oxygen atoms in total. The number of nitrogens with two attached hydrogens (primary N) is 1. The normalized spacial score (nSPS) is 13.0. The Morgan fingerprint density at radius 1 is 0.816 bits per heavy atom. The highest BCUT2D eigenvalue weighted by atomic mass is 35.5. The number of aryl methyl sites for hydroxylation is 1. The number of halogens is 2. The molecule has 0 spiro atoms. The number of methoxy groups -OCH3 is 1. The Bertz CT molecular complexity index is 1510. The van der Waals surface area contributed by atoms with Gasteiger partial charge in [-0.1, -0.05) is 42.5 Å². The Kier molecular flexibility index (Phi) is 18.0. The summed E-state index contributed by atoms with van der Waals surface area (Å²) in [4.78, 5) is 32.0. The highest BCUT2D eigenvalue weighted by Crippen LogP contribution is 2.32. The van der Waals surface area contributed by atoms with Gasteiger partial charge in [0.2, 0.25) is 5.91 Å². The lowest BCUT2D eigenvalue weighted by molar-refractivity contribution is -0.132. The van der Waals surface area contributed by atoms with E-state index in [4.69, 9.17) is 19.9 Å². The van der Waals surface area contributed by atoms with Gasteiger partial charge >= 0.3 is 0 Å². The largest absolute Gasteiger partial charge is 0.496 e. The van der Waals surface area contributed by atoms with E-state index in [0.717, 1.165) is 74.3 Å². The Morgan fingerprint density at radius 3 is 2.20 bits per heavy atom. The van der Waals surface area contributed by atoms with Crippen LogP contribution in [0.15, 0.2) is 60.7 Å². The minimum absolute atomic E-state index is 0. The third kappa shape index (κ3) is 12.3. The lowest BCUT2D eigenvalue weighted by Crippen LogP contribution is -2.47. The molecule has 0 radical (unpaired) electrons. The number of carbonyl (C=O) groups excluding carboxylic acids is 2. The molecule has 1 saturated heterocycles. The van der Waals surface area contributed by atoms with Gasteiger partial charge in [0, 0.05) is 56.3 Å². The van der Waals surface area contributed by atoms with Crippen LogP contribution < -0.4 is 24.8 Å². The molecule has 268 valence electrons. The minimum atomic E-state index is -0.173. The maximum absolute atomic E-state index is 13.7. The smallest absolute Gasteiger partial charge is 0.258 e. The lowest BCUT2D eigenvalue weighted by atomic mass is 10.1. The maximum Gasteiger partial charge on any atom is 0.258 e. The number of nitrogens with zero attached hydrogens (tertiary/aromatic N) is 3. The van der Waals surface area contributed by atoms with Crippen molar-refractivity contribution in [2.45, 2.75) is 39.0 Å². The summed E-state index contributed by atoms with van der Waals surface area (Å²) >= 11 is 0. The first-order valence-corrected chi connectivity index (χ1v) is 16.6. The molecule has 1 aliphatic heterocycles. The first-order valence-electron chi connectivity index (χ1n) is 16.6. The summed E-state index contributed by atoms with van der Waals surface area (Å²) < 4.78 is 17.8. The van der Waals surface area contributed by atoms with Crippen molar-refractivity contribution in [1.29, 1.82) is 0 Å². The van der Waals surface area contributed by atoms with Crippen LogP contribution in [-0.2, 0) is 4.79 Å². The standard InChI is InChI=1S/C38H50N4O5.2ClH/c1-29-14-19-33(36(27-29)47-25-9-5-6-13-37(43)42-23-21-40(2)22-24-42)41(3)38(44)32-18-17-31(35(28-32)45-4)16-15-30-11-7-8-12-34(30)46-26-10-20-39;;/h7-8,11-12,14-19,27-28H,5-6,9-10,13,20-26,39H2,1-4H3;2*1H. The lowest BCUT2D eigenvalue weighted by Gasteiger charge is -2.32. The summed E-state index contributed by atoms with van der Waals surface area (Å²) in [6.07, 6.45) is 7.87. The van der Waals surface area contributed by atoms with Crippen molar-refractivity contribution >= 4 is 54.5 Å². The van der Waals surface area contributed by atoms with E-state index >= 15 is 0 Å². The van der Waals surface area contributed by atoms with Gasteiger partial charge in [0.15, 0.2) is 0 Å². The number of ether oxygens (including phenoxy) is 3. The topological polar surface area (TPSA) is 97.6 Å². The van der Waals surface area contributed by atoms with Crippen molar-refractivity contribution < 1.29 is 23.8 Å². The highest BCUT2D eigenvalue weighted by Gasteiger charge is 2.20. The number of para-hydroxylation sites is 1. The number of amides is 2. The zero-order chi connectivity index (χ0) is 33.6. The van der Waals surface area contributed by atoms with E-state index < -0.39 is 0 Å². The Labute approximate surface area is 304 Å². The fourth-order valence-electron chi connectivity index (χ4n) is 5.44. The van der Waals surface area contributed by atoms with Crippen LogP contribution in [0.4, 0.5) is 5.69 Å². The SMILES string of the molecule is COc1cc(C(=O)N(C)c2ccc(C)cc2OCCCCCC(=O)N2CCN(C)CC2)ccc1C=Cc1ccccc1OCCCN.Cl.Cl. The summed E-state index contributed by atoms with van der Waals surface area (Å²) in [5.74, 6) is 2.11. The van der Waals surface area contributed by atoms with Crippen molar-refractivity contribution in [3.63, 3.8) is 0 Å². The van der Waals surface area contributed by atoms with E-state index in [1.807, 2.05) is 78.6 Å². The zero-order valence-electron chi connectivity index (χ0n) is 29.2. The summed E-state index contributed by atoms with van der Waals surface area (Å²) in [7, 11) is 5.45. The van der Waals surface area contributed by atoms with E-state index in [1.165, 1.54) is 0 Å². The number of hydrogen-bond acceptors (Lipinski definition) is 7. The molecule has 0 bridgehead atoms. The molecular formula is C38H52Cl2N4O5. The molecule has 4 rings (SSSR count). The van der Waals surface area contributed by atoms with Gasteiger partial charge in [0.1, 0.15) is 17.2 Å². The molecule has 3 aromatic rings. The summed E-state index contributed by atoms with van der Waals surface area (Å²) in [5.41, 5.74) is 9.63. The van der Waals surface area contributed by atoms with Gasteiger partial charge in [-0.15, -0.1) is 24.8 Å². The van der Waals surface area contributed by atoms with Crippen LogP contribution in [0.5, 0.6) is 17.2 Å². The van der Waals surface area contributed by atoms with Gasteiger partial charge < -0.3 is 34.6 Å². The van der Waals surface area contributed by atoms with Crippen molar-refractivity contribution in [1.82, 2.24) is 9.80 Å². The van der Waals surface area contributed by atoms with Crippen LogP contribution in [0.2, 0.25) is 0 Å². The van der Waals surface area contributed by atoms with Gasteiger partial charge in [-0.25, -0.2) is 0 Å². The number of piperazine rings is 1. The van der Waals surface area contributed by atoms with Crippen molar-refractivity contribution in [3.05, 3.63) is 82.9 Å². The highest BCUT2D eigenvalue weighted by molar-refractivity contribution is 6.07. The predicted octanol–water partition coefficient (Wildman–Crippen LogP) is 6.74. The molecule has 11 heteroatoms. The van der Waals surface area contributed by atoms with Crippen LogP contribution in [0.25, 0.3) is 12.2 Å². The molecule has 0 unspecified atom stereocenters. The average molecular weight is 716 g/mol. The predicted molar refractivity (Wildman–Crippen MR) is 204 cm³/mol. The molecule has 0 aromatic heterocycles. The molecule has 0 aliphatic carbocycles. The molecule has 1 heterocycles. The number of carbonyl (C=O) groups is 2. The molecular weight excluding hydrogens is 663 g/mol. The second kappa shape index (κ2) is 21.4. The number of anilines is 1. The number of hydrogen-bond donors (Lipinski definition) is 1. The van der Waals surface area contributed by atoms with E-state index in [1.54, 1.807) is 25.1 Å². The van der Waals surface area contributed by atoms with Gasteiger partial charge in [-0.05, 0) is 82.1 Å². The first-order chi connectivity index (χ1) is 22.8. The van der Waals surface area contributed by atoms with E-state index in [-0.39, 0.29) is 36.6 Å². The zero-order valence-corrected chi connectivity index (χ0v) is 30.8. The van der Waals surface area contributed by atoms with Gasteiger partial charge in [-0.3, -0.25) is 9.59 Å². The van der Waals surface area contributed by atoms with E-state index in [0.29, 0.717) is 48.9 Å². The Morgan fingerprint density at radius 2 is 1.49 bits per heavy atom. The number of unbranched alkanes of at least 4 members (excludes halogenated alkanes) is 2. The molecule has 2 amide bonds. The van der Waals surface area contributed by atoms with Crippen LogP contribution in [-0.4, -0.2) is 88.8 Å². The fourth-order valence-corrected chi connectivity index (χ4v) is 5.44.